The van der Waals surface area contributed by atoms with Gasteiger partial charge in [0.1, 0.15) is 0 Å². The van der Waals surface area contributed by atoms with Crippen LogP contribution in [0.3, 0.4) is 0 Å². The maximum atomic E-state index is 13.3. The van der Waals surface area contributed by atoms with Crippen molar-refractivity contribution in [1.82, 2.24) is 0 Å². The molecule has 1 aliphatic heterocycles. The number of hydrogen-bond acceptors (Lipinski definition) is 1. The van der Waals surface area contributed by atoms with Crippen LogP contribution in [-0.2, 0) is 6.18 Å². The lowest BCUT2D eigenvalue weighted by atomic mass is 9.95. The number of fused-ring (bicyclic) bond motifs is 4. The lowest BCUT2D eigenvalue weighted by Gasteiger charge is -2.28. The van der Waals surface area contributed by atoms with Gasteiger partial charge in [-0.3, -0.25) is 4.79 Å². The molecule has 130 valence electrons. The minimum atomic E-state index is -4.55. The highest BCUT2D eigenvalue weighted by Gasteiger charge is 2.39. The summed E-state index contributed by atoms with van der Waals surface area (Å²) in [4.78, 5) is 14.6. The van der Waals surface area contributed by atoms with Crippen LogP contribution >= 0.6 is 0 Å². The quantitative estimate of drug-likeness (QED) is 0.691. The number of carbonyl (C=O) groups excluding carboxylic acids is 1. The van der Waals surface area contributed by atoms with Crippen molar-refractivity contribution < 1.29 is 18.0 Å². The third-order valence-corrected chi connectivity index (χ3v) is 5.36. The molecule has 1 saturated carbocycles. The van der Waals surface area contributed by atoms with Crippen LogP contribution in [0.1, 0.15) is 46.7 Å². The average molecular weight is 345 g/mol. The average Bonchev–Trinajstić information content (AvgIpc) is 2.99. The van der Waals surface area contributed by atoms with Crippen LogP contribution in [0.4, 0.5) is 18.9 Å². The first-order valence-corrected chi connectivity index (χ1v) is 8.52. The van der Waals surface area contributed by atoms with Gasteiger partial charge in [0.15, 0.2) is 0 Å². The van der Waals surface area contributed by atoms with Crippen LogP contribution in [0.15, 0.2) is 48.5 Å². The predicted octanol–water partition coefficient (Wildman–Crippen LogP) is 5.25. The third-order valence-electron chi connectivity index (χ3n) is 5.36. The highest BCUT2D eigenvalue weighted by Crippen LogP contribution is 2.46. The van der Waals surface area contributed by atoms with Gasteiger partial charge in [-0.05, 0) is 54.9 Å². The Labute approximate surface area is 144 Å². The van der Waals surface area contributed by atoms with Gasteiger partial charge in [-0.15, -0.1) is 0 Å². The van der Waals surface area contributed by atoms with E-state index >= 15 is 0 Å². The van der Waals surface area contributed by atoms with Gasteiger partial charge in [-0.25, -0.2) is 0 Å². The van der Waals surface area contributed by atoms with E-state index in [2.05, 4.69) is 0 Å². The molecule has 2 aromatic carbocycles. The summed E-state index contributed by atoms with van der Waals surface area (Å²) in [5.74, 6) is 0.184. The van der Waals surface area contributed by atoms with Gasteiger partial charge in [-0.2, -0.15) is 13.2 Å². The fraction of sp³-hybridized carbons (Fsp3) is 0.350. The number of carbonyl (C=O) groups is 1. The molecule has 5 heteroatoms. The van der Waals surface area contributed by atoms with E-state index in [1.165, 1.54) is 18.2 Å². The fourth-order valence-electron chi connectivity index (χ4n) is 4.21. The van der Waals surface area contributed by atoms with Gasteiger partial charge in [0.25, 0.3) is 5.91 Å². The Hall–Kier alpha value is -2.30. The van der Waals surface area contributed by atoms with E-state index < -0.39 is 17.6 Å². The van der Waals surface area contributed by atoms with E-state index in [4.69, 9.17) is 0 Å². The minimum Gasteiger partial charge on any atom is -0.308 e. The summed E-state index contributed by atoms with van der Waals surface area (Å²) < 4.78 is 40.0. The van der Waals surface area contributed by atoms with Gasteiger partial charge in [-0.1, -0.05) is 30.3 Å². The lowest BCUT2D eigenvalue weighted by Crippen LogP contribution is -2.36. The monoisotopic (exact) mass is 345 g/mol. The second kappa shape index (κ2) is 5.90. The molecular weight excluding hydrogens is 327 g/mol. The van der Waals surface area contributed by atoms with Gasteiger partial charge in [0.2, 0.25) is 0 Å². The van der Waals surface area contributed by atoms with Gasteiger partial charge in [0, 0.05) is 12.2 Å². The number of alkyl halides is 3. The van der Waals surface area contributed by atoms with Gasteiger partial charge < -0.3 is 4.90 Å². The zero-order chi connectivity index (χ0) is 17.6. The maximum Gasteiger partial charge on any atom is 0.417 e. The minimum absolute atomic E-state index is 0.275. The molecule has 1 aliphatic carbocycles. The molecule has 2 atom stereocenters. The molecule has 2 nitrogen and oxygen atoms in total. The molecule has 2 aromatic rings. The maximum absolute atomic E-state index is 13.3. The molecule has 0 N–H and O–H groups in total. The summed E-state index contributed by atoms with van der Waals surface area (Å²) in [6.07, 6.45) is -1.44. The summed E-state index contributed by atoms with van der Waals surface area (Å²) in [7, 11) is 0. The van der Waals surface area contributed by atoms with E-state index in [0.717, 1.165) is 36.6 Å². The van der Waals surface area contributed by atoms with Crippen LogP contribution in [0.25, 0.3) is 0 Å². The van der Waals surface area contributed by atoms with Crippen molar-refractivity contribution in [3.8, 4) is 0 Å². The lowest BCUT2D eigenvalue weighted by molar-refractivity contribution is -0.137. The Morgan fingerprint density at radius 3 is 2.52 bits per heavy atom. The summed E-state index contributed by atoms with van der Waals surface area (Å²) >= 11 is 0. The van der Waals surface area contributed by atoms with E-state index in [1.807, 2.05) is 24.3 Å². The largest absolute Gasteiger partial charge is 0.417 e. The Morgan fingerprint density at radius 1 is 1.00 bits per heavy atom. The third kappa shape index (κ3) is 2.81. The van der Waals surface area contributed by atoms with E-state index in [1.54, 1.807) is 4.90 Å². The predicted molar refractivity (Wildman–Crippen MR) is 89.6 cm³/mol. The number of halogens is 3. The summed E-state index contributed by atoms with van der Waals surface area (Å²) in [6.45, 7) is 0.485. The summed E-state index contributed by atoms with van der Waals surface area (Å²) in [5, 5.41) is 0. The SMILES string of the molecule is O=C(c1ccccc1C(F)(F)F)N1CC2CCC(C2)c2ccccc21. The molecule has 0 radical (unpaired) electrons. The van der Waals surface area contributed by atoms with Crippen molar-refractivity contribution in [1.29, 1.82) is 0 Å². The highest BCUT2D eigenvalue weighted by atomic mass is 19.4. The van der Waals surface area contributed by atoms with Crippen LogP contribution in [0, 0.1) is 5.92 Å². The van der Waals surface area contributed by atoms with Crippen LogP contribution in [0.5, 0.6) is 0 Å². The molecule has 4 rings (SSSR count). The van der Waals surface area contributed by atoms with Crippen molar-refractivity contribution >= 4 is 11.6 Å². The second-order valence-electron chi connectivity index (χ2n) is 6.89. The van der Waals surface area contributed by atoms with Crippen LogP contribution < -0.4 is 4.90 Å². The molecule has 1 heterocycles. The van der Waals surface area contributed by atoms with E-state index in [0.29, 0.717) is 18.4 Å². The Kier molecular flexibility index (Phi) is 3.82. The molecule has 1 amide bonds. The first-order valence-electron chi connectivity index (χ1n) is 8.52. The van der Waals surface area contributed by atoms with Gasteiger partial charge in [0.05, 0.1) is 11.1 Å². The molecule has 2 aliphatic rings. The summed E-state index contributed by atoms with van der Waals surface area (Å²) in [5.41, 5.74) is 0.700. The number of amides is 1. The molecule has 1 fully saturated rings. The number of benzene rings is 2. The van der Waals surface area contributed by atoms with Crippen LogP contribution in [-0.4, -0.2) is 12.5 Å². The van der Waals surface area contributed by atoms with E-state index in [-0.39, 0.29) is 5.56 Å². The zero-order valence-electron chi connectivity index (χ0n) is 13.6. The van der Waals surface area contributed by atoms with E-state index in [9.17, 15) is 18.0 Å². The van der Waals surface area contributed by atoms with Crippen molar-refractivity contribution in [2.75, 3.05) is 11.4 Å². The number of rotatable bonds is 1. The molecular formula is C20H18F3NO. The molecule has 0 aromatic heterocycles. The molecule has 2 bridgehead atoms. The number of nitrogens with zero attached hydrogens (tertiary/aromatic N) is 1. The Bertz CT molecular complexity index is 815. The molecule has 2 unspecified atom stereocenters. The van der Waals surface area contributed by atoms with Crippen molar-refractivity contribution in [3.05, 3.63) is 65.2 Å². The Balaban J connectivity index is 1.80. The molecule has 25 heavy (non-hydrogen) atoms. The normalized spacial score (nSPS) is 22.4. The molecule has 0 saturated heterocycles. The van der Waals surface area contributed by atoms with Crippen molar-refractivity contribution in [2.24, 2.45) is 5.92 Å². The Morgan fingerprint density at radius 2 is 1.72 bits per heavy atom. The number of para-hydroxylation sites is 1. The number of anilines is 1. The first kappa shape index (κ1) is 16.2. The van der Waals surface area contributed by atoms with Crippen molar-refractivity contribution in [2.45, 2.75) is 31.4 Å². The second-order valence-corrected chi connectivity index (χ2v) is 6.89. The van der Waals surface area contributed by atoms with Crippen LogP contribution in [0.2, 0.25) is 0 Å². The van der Waals surface area contributed by atoms with Crippen molar-refractivity contribution in [3.63, 3.8) is 0 Å². The smallest absolute Gasteiger partial charge is 0.308 e. The first-order chi connectivity index (χ1) is 11.9. The van der Waals surface area contributed by atoms with Gasteiger partial charge >= 0.3 is 6.18 Å². The molecule has 0 spiro atoms. The fourth-order valence-corrected chi connectivity index (χ4v) is 4.21. The zero-order valence-corrected chi connectivity index (χ0v) is 13.6. The number of hydrogen-bond donors (Lipinski definition) is 0. The summed E-state index contributed by atoms with van der Waals surface area (Å²) in [6, 6.07) is 12.7. The topological polar surface area (TPSA) is 20.3 Å². The highest BCUT2D eigenvalue weighted by molar-refractivity contribution is 6.07. The standard InChI is InChI=1S/C20H18F3NO/c21-20(22,23)17-7-3-1-6-16(17)19(25)24-12-13-9-10-14(11-13)15-5-2-4-8-18(15)24/h1-8,13-14H,9-12H2.